The summed E-state index contributed by atoms with van der Waals surface area (Å²) >= 11 is 0. The van der Waals surface area contributed by atoms with Crippen LogP contribution in [0.5, 0.6) is 5.75 Å². The van der Waals surface area contributed by atoms with Crippen molar-refractivity contribution in [3.63, 3.8) is 0 Å². The smallest absolute Gasteiger partial charge is 0.344 e. The number of anilines is 1. The van der Waals surface area contributed by atoms with Crippen LogP contribution in [0.3, 0.4) is 0 Å². The second kappa shape index (κ2) is 5.16. The molecule has 0 radical (unpaired) electrons. The summed E-state index contributed by atoms with van der Waals surface area (Å²) < 4.78 is 5.15. The molecular formula is C11H13NO4. The molecule has 0 heterocycles. The van der Waals surface area contributed by atoms with Crippen molar-refractivity contribution in [1.82, 2.24) is 0 Å². The molecule has 86 valence electrons. The fraction of sp³-hybridized carbons (Fsp3) is 0.273. The van der Waals surface area contributed by atoms with Crippen LogP contribution in [0.15, 0.2) is 24.3 Å². The Bertz CT molecular complexity index is 403. The fourth-order valence-electron chi connectivity index (χ4n) is 1.10. The van der Waals surface area contributed by atoms with E-state index in [0.29, 0.717) is 11.4 Å². The van der Waals surface area contributed by atoms with Crippen LogP contribution >= 0.6 is 0 Å². The molecule has 0 spiro atoms. The van der Waals surface area contributed by atoms with Gasteiger partial charge in [-0.25, -0.2) is 4.79 Å². The molecule has 5 nitrogen and oxygen atoms in total. The number of hydrogen-bond donors (Lipinski definition) is 2. The quantitative estimate of drug-likeness (QED) is 0.811. The zero-order valence-corrected chi connectivity index (χ0v) is 9.06. The number of carboxylic acid groups (broad SMARTS) is 1. The average Bonchev–Trinajstić information content (AvgIpc) is 2.16. The SMILES string of the molecule is CC(=O)Nc1cccc(O[C@@H](C)C(=O)O)c1. The molecule has 1 rings (SSSR count). The highest BCUT2D eigenvalue weighted by atomic mass is 16.5. The van der Waals surface area contributed by atoms with Gasteiger partial charge in [-0.1, -0.05) is 6.07 Å². The van der Waals surface area contributed by atoms with E-state index in [-0.39, 0.29) is 5.91 Å². The molecule has 1 aromatic carbocycles. The molecule has 0 aromatic heterocycles. The largest absolute Gasteiger partial charge is 0.479 e. The van der Waals surface area contributed by atoms with Crippen LogP contribution < -0.4 is 10.1 Å². The van der Waals surface area contributed by atoms with Gasteiger partial charge in [0.2, 0.25) is 5.91 Å². The van der Waals surface area contributed by atoms with Crippen LogP contribution in [0.1, 0.15) is 13.8 Å². The zero-order valence-electron chi connectivity index (χ0n) is 9.06. The maximum Gasteiger partial charge on any atom is 0.344 e. The van der Waals surface area contributed by atoms with Crippen LogP contribution in [0, 0.1) is 0 Å². The van der Waals surface area contributed by atoms with Gasteiger partial charge in [-0.3, -0.25) is 4.79 Å². The summed E-state index contributed by atoms with van der Waals surface area (Å²) in [6, 6.07) is 6.57. The van der Waals surface area contributed by atoms with Gasteiger partial charge in [-0.15, -0.1) is 0 Å². The van der Waals surface area contributed by atoms with E-state index in [1.54, 1.807) is 24.3 Å². The van der Waals surface area contributed by atoms with Crippen molar-refractivity contribution in [2.75, 3.05) is 5.32 Å². The lowest BCUT2D eigenvalue weighted by Gasteiger charge is -2.11. The van der Waals surface area contributed by atoms with Crippen molar-refractivity contribution >= 4 is 17.6 Å². The number of benzene rings is 1. The average molecular weight is 223 g/mol. The summed E-state index contributed by atoms with van der Waals surface area (Å²) in [6.45, 7) is 2.83. The van der Waals surface area contributed by atoms with Gasteiger partial charge >= 0.3 is 5.97 Å². The number of aliphatic carboxylic acids is 1. The highest BCUT2D eigenvalue weighted by Crippen LogP contribution is 2.18. The molecule has 1 atom stereocenters. The molecule has 0 bridgehead atoms. The maximum absolute atomic E-state index is 10.8. The normalized spacial score (nSPS) is 11.6. The number of amides is 1. The third kappa shape index (κ3) is 3.61. The molecule has 0 aliphatic heterocycles. The summed E-state index contributed by atoms with van der Waals surface area (Å²) in [5.74, 6) is -0.825. The van der Waals surface area contributed by atoms with E-state index in [1.807, 2.05) is 0 Å². The summed E-state index contributed by atoms with van der Waals surface area (Å²) in [6.07, 6.45) is -0.924. The van der Waals surface area contributed by atoms with Crippen LogP contribution in [-0.2, 0) is 9.59 Å². The number of ether oxygens (including phenoxy) is 1. The second-order valence-electron chi connectivity index (χ2n) is 3.31. The topological polar surface area (TPSA) is 75.6 Å². The maximum atomic E-state index is 10.8. The number of nitrogens with one attached hydrogen (secondary N) is 1. The Morgan fingerprint density at radius 1 is 1.44 bits per heavy atom. The second-order valence-corrected chi connectivity index (χ2v) is 3.31. The molecule has 0 fully saturated rings. The predicted octanol–water partition coefficient (Wildman–Crippen LogP) is 1.50. The van der Waals surface area contributed by atoms with Crippen molar-refractivity contribution in [2.24, 2.45) is 0 Å². The molecule has 0 aliphatic carbocycles. The Morgan fingerprint density at radius 2 is 2.12 bits per heavy atom. The third-order valence-corrected chi connectivity index (χ3v) is 1.82. The van der Waals surface area contributed by atoms with E-state index in [9.17, 15) is 9.59 Å². The number of carbonyl (C=O) groups excluding carboxylic acids is 1. The molecule has 2 N–H and O–H groups in total. The summed E-state index contributed by atoms with van der Waals surface area (Å²) in [5.41, 5.74) is 0.572. The lowest BCUT2D eigenvalue weighted by Crippen LogP contribution is -2.22. The van der Waals surface area contributed by atoms with E-state index >= 15 is 0 Å². The molecule has 16 heavy (non-hydrogen) atoms. The summed E-state index contributed by atoms with van der Waals surface area (Å²) in [7, 11) is 0. The number of rotatable bonds is 4. The van der Waals surface area contributed by atoms with E-state index in [0.717, 1.165) is 0 Å². The first-order valence-electron chi connectivity index (χ1n) is 4.76. The minimum absolute atomic E-state index is 0.191. The van der Waals surface area contributed by atoms with Gasteiger partial charge in [0.25, 0.3) is 0 Å². The number of hydrogen-bond acceptors (Lipinski definition) is 3. The molecule has 5 heteroatoms. The summed E-state index contributed by atoms with van der Waals surface area (Å²) in [4.78, 5) is 21.4. The van der Waals surface area contributed by atoms with Crippen molar-refractivity contribution in [3.05, 3.63) is 24.3 Å². The van der Waals surface area contributed by atoms with Gasteiger partial charge in [0.1, 0.15) is 5.75 Å². The van der Waals surface area contributed by atoms with Gasteiger partial charge in [0.05, 0.1) is 0 Å². The van der Waals surface area contributed by atoms with E-state index in [1.165, 1.54) is 13.8 Å². The van der Waals surface area contributed by atoms with Gasteiger partial charge in [-0.05, 0) is 19.1 Å². The van der Waals surface area contributed by atoms with Crippen molar-refractivity contribution in [1.29, 1.82) is 0 Å². The molecule has 0 aliphatic rings. The first-order chi connectivity index (χ1) is 7.49. The van der Waals surface area contributed by atoms with Gasteiger partial charge in [0, 0.05) is 18.7 Å². The lowest BCUT2D eigenvalue weighted by atomic mass is 10.3. The lowest BCUT2D eigenvalue weighted by molar-refractivity contribution is -0.144. The highest BCUT2D eigenvalue weighted by molar-refractivity contribution is 5.88. The van der Waals surface area contributed by atoms with Crippen molar-refractivity contribution < 1.29 is 19.4 Å². The zero-order chi connectivity index (χ0) is 12.1. The molecule has 1 amide bonds. The number of carboxylic acids is 1. The van der Waals surface area contributed by atoms with Gasteiger partial charge in [-0.2, -0.15) is 0 Å². The molecule has 0 saturated carbocycles. The van der Waals surface area contributed by atoms with E-state index in [2.05, 4.69) is 5.32 Å². The molecule has 0 unspecified atom stereocenters. The predicted molar refractivity (Wildman–Crippen MR) is 58.5 cm³/mol. The Hall–Kier alpha value is -2.04. The summed E-state index contributed by atoms with van der Waals surface area (Å²) in [5, 5.41) is 11.2. The standard InChI is InChI=1S/C11H13NO4/c1-7(11(14)15)16-10-5-3-4-9(6-10)12-8(2)13/h3-7H,1-2H3,(H,12,13)(H,14,15)/t7-/m0/s1. The van der Waals surface area contributed by atoms with Crippen LogP contribution in [0.2, 0.25) is 0 Å². The molecule has 0 saturated heterocycles. The van der Waals surface area contributed by atoms with Crippen LogP contribution in [0.25, 0.3) is 0 Å². The number of carbonyl (C=O) groups is 2. The minimum atomic E-state index is -1.04. The fourth-order valence-corrected chi connectivity index (χ4v) is 1.10. The molecular weight excluding hydrogens is 210 g/mol. The minimum Gasteiger partial charge on any atom is -0.479 e. The van der Waals surface area contributed by atoms with Gasteiger partial charge in [0.15, 0.2) is 6.10 Å². The third-order valence-electron chi connectivity index (χ3n) is 1.82. The van der Waals surface area contributed by atoms with Crippen LogP contribution in [0.4, 0.5) is 5.69 Å². The van der Waals surface area contributed by atoms with Gasteiger partial charge < -0.3 is 15.2 Å². The van der Waals surface area contributed by atoms with Crippen LogP contribution in [-0.4, -0.2) is 23.1 Å². The first kappa shape index (κ1) is 12.0. The van der Waals surface area contributed by atoms with E-state index < -0.39 is 12.1 Å². The monoisotopic (exact) mass is 223 g/mol. The Balaban J connectivity index is 2.74. The van der Waals surface area contributed by atoms with Crippen molar-refractivity contribution in [3.8, 4) is 5.75 Å². The van der Waals surface area contributed by atoms with Crippen molar-refractivity contribution in [2.45, 2.75) is 20.0 Å². The van der Waals surface area contributed by atoms with E-state index in [4.69, 9.17) is 9.84 Å². The highest BCUT2D eigenvalue weighted by Gasteiger charge is 2.12. The first-order valence-corrected chi connectivity index (χ1v) is 4.76. The Kier molecular flexibility index (Phi) is 3.88. The Labute approximate surface area is 93.0 Å². The molecule has 1 aromatic rings. The Morgan fingerprint density at radius 3 is 2.69 bits per heavy atom.